The summed E-state index contributed by atoms with van der Waals surface area (Å²) in [7, 11) is 6.02. The summed E-state index contributed by atoms with van der Waals surface area (Å²) in [4.78, 5) is 19.1. The van der Waals surface area contributed by atoms with E-state index in [1.165, 1.54) is 0 Å². The molecular weight excluding hydrogens is 312 g/mol. The lowest BCUT2D eigenvalue weighted by molar-refractivity contribution is 0.956. The van der Waals surface area contributed by atoms with Gasteiger partial charge in [-0.15, -0.1) is 0 Å². The molecule has 2 heterocycles. The van der Waals surface area contributed by atoms with Crippen molar-refractivity contribution < 1.29 is 0 Å². The van der Waals surface area contributed by atoms with Crippen LogP contribution in [0.25, 0.3) is 21.8 Å². The largest absolute Gasteiger partial charge is 0.378 e. The minimum Gasteiger partial charge on any atom is -0.378 e. The summed E-state index contributed by atoms with van der Waals surface area (Å²) in [6.07, 6.45) is 3.76. The molecule has 4 aromatic rings. The predicted octanol–water partition coefficient (Wildman–Crippen LogP) is 3.20. The van der Waals surface area contributed by atoms with Crippen LogP contribution in [0.2, 0.25) is 0 Å². The zero-order chi connectivity index (χ0) is 17.6. The van der Waals surface area contributed by atoms with E-state index in [9.17, 15) is 4.79 Å². The molecule has 0 saturated carbocycles. The van der Waals surface area contributed by atoms with E-state index in [2.05, 4.69) is 39.5 Å². The van der Waals surface area contributed by atoms with Crippen molar-refractivity contribution in [3.05, 3.63) is 64.6 Å². The van der Waals surface area contributed by atoms with E-state index < -0.39 is 0 Å². The molecule has 5 nitrogen and oxygen atoms in total. The molecule has 0 atom stereocenters. The van der Waals surface area contributed by atoms with Gasteiger partial charge in [0.15, 0.2) is 0 Å². The third kappa shape index (κ3) is 2.58. The molecule has 0 aliphatic rings. The van der Waals surface area contributed by atoms with Crippen LogP contribution in [0, 0.1) is 0 Å². The highest BCUT2D eigenvalue weighted by Gasteiger charge is 2.13. The Balaban J connectivity index is 1.68. The quantitative estimate of drug-likeness (QED) is 0.623. The lowest BCUT2D eigenvalue weighted by Crippen LogP contribution is -2.13. The first-order valence-corrected chi connectivity index (χ1v) is 8.25. The van der Waals surface area contributed by atoms with E-state index in [0.29, 0.717) is 17.7 Å². The predicted molar refractivity (Wildman–Crippen MR) is 104 cm³/mol. The maximum atomic E-state index is 12.7. The number of nitrogens with zero attached hydrogens (tertiary/aromatic N) is 3. The van der Waals surface area contributed by atoms with Crippen LogP contribution in [-0.4, -0.2) is 23.6 Å². The number of aryl methyl sites for hydroxylation is 1. The Bertz CT molecular complexity index is 1100. The van der Waals surface area contributed by atoms with Crippen LogP contribution in [-0.2, 0) is 13.6 Å². The van der Waals surface area contributed by atoms with Crippen LogP contribution in [0.5, 0.6) is 0 Å². The highest BCUT2D eigenvalue weighted by Crippen LogP contribution is 2.26. The second-order valence-corrected chi connectivity index (χ2v) is 6.55. The molecule has 0 unspecified atom stereocenters. The fraction of sp³-hybridized carbons (Fsp3) is 0.200. The highest BCUT2D eigenvalue weighted by molar-refractivity contribution is 6.09. The second kappa shape index (κ2) is 5.77. The lowest BCUT2D eigenvalue weighted by atomic mass is 10.1. The SMILES string of the molecule is CN(C)c1ccc(CNc2cc3c4c(ccn3C)cnc4c2=O)cc1. The third-order valence-electron chi connectivity index (χ3n) is 4.65. The smallest absolute Gasteiger partial charge is 0.227 e. The van der Waals surface area contributed by atoms with Gasteiger partial charge in [0.25, 0.3) is 0 Å². The van der Waals surface area contributed by atoms with Crippen molar-refractivity contribution in [1.82, 2.24) is 9.55 Å². The van der Waals surface area contributed by atoms with E-state index in [1.54, 1.807) is 6.20 Å². The van der Waals surface area contributed by atoms with Crippen molar-refractivity contribution in [2.75, 3.05) is 24.3 Å². The molecule has 0 radical (unpaired) electrons. The summed E-state index contributed by atoms with van der Waals surface area (Å²) in [6, 6.07) is 12.2. The normalized spacial score (nSPS) is 11.3. The first-order chi connectivity index (χ1) is 12.0. The number of anilines is 2. The number of pyridine rings is 1. The summed E-state index contributed by atoms with van der Waals surface area (Å²) in [5, 5.41) is 5.23. The van der Waals surface area contributed by atoms with Gasteiger partial charge in [-0.25, -0.2) is 0 Å². The minimum atomic E-state index is -0.0430. The van der Waals surface area contributed by atoms with Gasteiger partial charge < -0.3 is 14.8 Å². The molecule has 0 fully saturated rings. The fourth-order valence-electron chi connectivity index (χ4n) is 3.16. The van der Waals surface area contributed by atoms with Gasteiger partial charge in [0, 0.05) is 56.5 Å². The Kier molecular flexibility index (Phi) is 3.57. The summed E-state index contributed by atoms with van der Waals surface area (Å²) in [6.45, 7) is 0.598. The average Bonchev–Trinajstić information content (AvgIpc) is 3.04. The van der Waals surface area contributed by atoms with Crippen LogP contribution >= 0.6 is 0 Å². The Morgan fingerprint density at radius 2 is 1.92 bits per heavy atom. The fourth-order valence-corrected chi connectivity index (χ4v) is 3.16. The highest BCUT2D eigenvalue weighted by atomic mass is 16.1. The lowest BCUT2D eigenvalue weighted by Gasteiger charge is -2.13. The minimum absolute atomic E-state index is 0.0430. The molecule has 0 saturated heterocycles. The summed E-state index contributed by atoms with van der Waals surface area (Å²) >= 11 is 0. The van der Waals surface area contributed by atoms with Crippen LogP contribution in [0.15, 0.2) is 53.6 Å². The van der Waals surface area contributed by atoms with Gasteiger partial charge in [0.1, 0.15) is 5.52 Å². The van der Waals surface area contributed by atoms with Crippen LogP contribution in [0.1, 0.15) is 5.56 Å². The van der Waals surface area contributed by atoms with Gasteiger partial charge in [-0.05, 0) is 29.8 Å². The van der Waals surface area contributed by atoms with Gasteiger partial charge in [0.2, 0.25) is 5.43 Å². The van der Waals surface area contributed by atoms with Crippen molar-refractivity contribution in [2.45, 2.75) is 6.54 Å². The average molecular weight is 332 g/mol. The number of hydrogen-bond acceptors (Lipinski definition) is 4. The maximum Gasteiger partial charge on any atom is 0.227 e. The Labute approximate surface area is 145 Å². The molecule has 0 aliphatic carbocycles. The molecule has 2 aromatic carbocycles. The summed E-state index contributed by atoms with van der Waals surface area (Å²) in [5.74, 6) is 0. The van der Waals surface area contributed by atoms with E-state index >= 15 is 0 Å². The Hall–Kier alpha value is -3.08. The summed E-state index contributed by atoms with van der Waals surface area (Å²) in [5.41, 5.74) is 4.37. The zero-order valence-corrected chi connectivity index (χ0v) is 14.6. The standard InChI is InChI=1S/C20H20N4O/c1-23(2)15-6-4-13(5-7-15)11-21-16-10-17-18-14(8-9-24(17)3)12-22-19(18)20(16)25/h4-10,12,21H,11H2,1-3H3. The molecule has 126 valence electrons. The number of rotatable bonds is 4. The first-order valence-electron chi connectivity index (χ1n) is 8.25. The number of aromatic nitrogens is 2. The molecule has 25 heavy (non-hydrogen) atoms. The monoisotopic (exact) mass is 332 g/mol. The molecule has 0 amide bonds. The number of benzene rings is 2. The van der Waals surface area contributed by atoms with Crippen LogP contribution < -0.4 is 15.6 Å². The van der Waals surface area contributed by atoms with E-state index in [-0.39, 0.29) is 5.43 Å². The van der Waals surface area contributed by atoms with E-state index in [1.807, 2.05) is 44.0 Å². The van der Waals surface area contributed by atoms with Gasteiger partial charge in [0.05, 0.1) is 11.2 Å². The van der Waals surface area contributed by atoms with Crippen molar-refractivity contribution in [3.63, 3.8) is 0 Å². The third-order valence-corrected chi connectivity index (χ3v) is 4.65. The van der Waals surface area contributed by atoms with Crippen LogP contribution in [0.4, 0.5) is 11.4 Å². The summed E-state index contributed by atoms with van der Waals surface area (Å²) < 4.78 is 2.02. The second-order valence-electron chi connectivity index (χ2n) is 6.55. The van der Waals surface area contributed by atoms with Gasteiger partial charge in [-0.1, -0.05) is 12.1 Å². The molecular formula is C20H20N4O. The molecule has 0 aliphatic heterocycles. The molecule has 4 rings (SSSR count). The van der Waals surface area contributed by atoms with E-state index in [0.717, 1.165) is 27.5 Å². The number of hydrogen-bond donors (Lipinski definition) is 1. The molecule has 2 aromatic heterocycles. The van der Waals surface area contributed by atoms with Crippen molar-refractivity contribution >= 4 is 33.2 Å². The van der Waals surface area contributed by atoms with Crippen LogP contribution in [0.3, 0.4) is 0 Å². The van der Waals surface area contributed by atoms with Crippen molar-refractivity contribution in [3.8, 4) is 0 Å². The Morgan fingerprint density at radius 1 is 1.16 bits per heavy atom. The molecule has 5 heteroatoms. The zero-order valence-electron chi connectivity index (χ0n) is 14.6. The number of nitrogens with one attached hydrogen (secondary N) is 1. The maximum absolute atomic E-state index is 12.7. The first kappa shape index (κ1) is 15.4. The van der Waals surface area contributed by atoms with E-state index in [4.69, 9.17) is 0 Å². The van der Waals surface area contributed by atoms with Gasteiger partial charge in [-0.3, -0.25) is 9.78 Å². The molecule has 0 spiro atoms. The van der Waals surface area contributed by atoms with Crippen molar-refractivity contribution in [2.24, 2.45) is 7.05 Å². The van der Waals surface area contributed by atoms with Gasteiger partial charge >= 0.3 is 0 Å². The van der Waals surface area contributed by atoms with Crippen molar-refractivity contribution in [1.29, 1.82) is 0 Å². The Morgan fingerprint density at radius 3 is 2.64 bits per heavy atom. The topological polar surface area (TPSA) is 50.2 Å². The van der Waals surface area contributed by atoms with Gasteiger partial charge in [-0.2, -0.15) is 0 Å². The molecule has 1 N–H and O–H groups in total. The molecule has 0 bridgehead atoms.